The summed E-state index contributed by atoms with van der Waals surface area (Å²) in [5, 5.41) is 11.8. The fourth-order valence-electron chi connectivity index (χ4n) is 1.60. The van der Waals surface area contributed by atoms with Gasteiger partial charge in [0, 0.05) is 22.7 Å². The average Bonchev–Trinajstić information content (AvgIpc) is 2.34. The second-order valence-corrected chi connectivity index (χ2v) is 5.14. The fraction of sp³-hybridized carbons (Fsp3) is 0.154. The summed E-state index contributed by atoms with van der Waals surface area (Å²) >= 11 is 17.7. The van der Waals surface area contributed by atoms with Crippen LogP contribution in [0.3, 0.4) is 0 Å². The molecule has 0 spiro atoms. The number of pyridine rings is 1. The van der Waals surface area contributed by atoms with Crippen molar-refractivity contribution >= 4 is 34.8 Å². The van der Waals surface area contributed by atoms with E-state index in [1.165, 1.54) is 6.20 Å². The zero-order valence-electron chi connectivity index (χ0n) is 9.28. The van der Waals surface area contributed by atoms with E-state index >= 15 is 0 Å². The highest BCUT2D eigenvalue weighted by Crippen LogP contribution is 2.25. The van der Waals surface area contributed by atoms with E-state index < -0.39 is 6.10 Å². The van der Waals surface area contributed by atoms with Crippen molar-refractivity contribution in [2.45, 2.75) is 12.5 Å². The summed E-state index contributed by atoms with van der Waals surface area (Å²) in [5.74, 6) is 0. The lowest BCUT2D eigenvalue weighted by Gasteiger charge is -2.11. The molecule has 0 saturated carbocycles. The number of rotatable bonds is 3. The number of hydrogen-bond donors (Lipinski definition) is 1. The largest absolute Gasteiger partial charge is 0.386 e. The maximum atomic E-state index is 10.1. The second kappa shape index (κ2) is 5.89. The fourth-order valence-corrected chi connectivity index (χ4v) is 2.10. The van der Waals surface area contributed by atoms with Gasteiger partial charge in [-0.1, -0.05) is 34.8 Å². The highest BCUT2D eigenvalue weighted by Gasteiger charge is 2.12. The predicted molar refractivity (Wildman–Crippen MR) is 74.4 cm³/mol. The molecule has 0 saturated heterocycles. The molecule has 94 valence electrons. The topological polar surface area (TPSA) is 33.1 Å². The minimum absolute atomic E-state index is 0.355. The molecule has 0 radical (unpaired) electrons. The van der Waals surface area contributed by atoms with Gasteiger partial charge in [0.2, 0.25) is 0 Å². The molecule has 1 atom stereocenters. The number of aliphatic hydroxyl groups excluding tert-OH is 1. The van der Waals surface area contributed by atoms with Crippen molar-refractivity contribution in [3.63, 3.8) is 0 Å². The molecule has 18 heavy (non-hydrogen) atoms. The number of benzene rings is 1. The van der Waals surface area contributed by atoms with Gasteiger partial charge in [0.25, 0.3) is 0 Å². The van der Waals surface area contributed by atoms with Crippen molar-refractivity contribution in [3.8, 4) is 0 Å². The van der Waals surface area contributed by atoms with Gasteiger partial charge >= 0.3 is 0 Å². The van der Waals surface area contributed by atoms with E-state index in [0.717, 1.165) is 5.56 Å². The highest BCUT2D eigenvalue weighted by atomic mass is 35.5. The Morgan fingerprint density at radius 2 is 1.78 bits per heavy atom. The van der Waals surface area contributed by atoms with Crippen LogP contribution in [0.1, 0.15) is 17.4 Å². The van der Waals surface area contributed by atoms with Crippen molar-refractivity contribution in [1.82, 2.24) is 4.98 Å². The van der Waals surface area contributed by atoms with E-state index in [9.17, 15) is 5.11 Å². The first-order valence-corrected chi connectivity index (χ1v) is 6.43. The lowest BCUT2D eigenvalue weighted by Crippen LogP contribution is -2.04. The van der Waals surface area contributed by atoms with Crippen molar-refractivity contribution < 1.29 is 5.11 Å². The Balaban J connectivity index is 2.18. The van der Waals surface area contributed by atoms with E-state index in [-0.39, 0.29) is 0 Å². The lowest BCUT2D eigenvalue weighted by molar-refractivity contribution is 0.173. The van der Waals surface area contributed by atoms with Crippen LogP contribution < -0.4 is 0 Å². The van der Waals surface area contributed by atoms with Crippen LogP contribution in [-0.4, -0.2) is 10.1 Å². The van der Waals surface area contributed by atoms with E-state index in [0.29, 0.717) is 27.2 Å². The standard InChI is InChI=1S/C13H10Cl3NO/c14-9-1-3-11(16)8(5-9)6-13(18)12-4-2-10(15)7-17-12/h1-5,7,13,18H,6H2. The van der Waals surface area contributed by atoms with Crippen LogP contribution in [0, 0.1) is 0 Å². The molecule has 2 nitrogen and oxygen atoms in total. The summed E-state index contributed by atoms with van der Waals surface area (Å²) in [6.45, 7) is 0. The van der Waals surface area contributed by atoms with Crippen molar-refractivity contribution in [2.75, 3.05) is 0 Å². The first-order valence-electron chi connectivity index (χ1n) is 5.29. The van der Waals surface area contributed by atoms with Gasteiger partial charge < -0.3 is 5.11 Å². The summed E-state index contributed by atoms with van der Waals surface area (Å²) in [5.41, 5.74) is 1.34. The Morgan fingerprint density at radius 3 is 2.44 bits per heavy atom. The molecule has 1 aromatic heterocycles. The van der Waals surface area contributed by atoms with Crippen molar-refractivity contribution in [3.05, 3.63) is 62.9 Å². The van der Waals surface area contributed by atoms with Crippen LogP contribution >= 0.6 is 34.8 Å². The van der Waals surface area contributed by atoms with E-state index in [1.807, 2.05) is 0 Å². The van der Waals surface area contributed by atoms with Crippen LogP contribution in [0.5, 0.6) is 0 Å². The number of hydrogen-bond acceptors (Lipinski definition) is 2. The zero-order valence-corrected chi connectivity index (χ0v) is 11.5. The Labute approximate surface area is 120 Å². The third-order valence-electron chi connectivity index (χ3n) is 2.51. The third kappa shape index (κ3) is 3.36. The van der Waals surface area contributed by atoms with E-state index in [2.05, 4.69) is 4.98 Å². The molecular formula is C13H10Cl3NO. The van der Waals surface area contributed by atoms with E-state index in [4.69, 9.17) is 34.8 Å². The molecule has 2 aromatic rings. The molecule has 1 unspecified atom stereocenters. The molecule has 1 N–H and O–H groups in total. The summed E-state index contributed by atoms with van der Waals surface area (Å²) < 4.78 is 0. The summed E-state index contributed by atoms with van der Waals surface area (Å²) in [6, 6.07) is 8.53. The molecule has 0 aliphatic heterocycles. The first-order chi connectivity index (χ1) is 8.56. The zero-order chi connectivity index (χ0) is 13.1. The van der Waals surface area contributed by atoms with Crippen LogP contribution in [0.2, 0.25) is 15.1 Å². The smallest absolute Gasteiger partial charge is 0.1000 e. The normalized spacial score (nSPS) is 12.4. The summed E-state index contributed by atoms with van der Waals surface area (Å²) in [7, 11) is 0. The maximum absolute atomic E-state index is 10.1. The SMILES string of the molecule is OC(Cc1cc(Cl)ccc1Cl)c1ccc(Cl)cn1. The van der Waals surface area contributed by atoms with Gasteiger partial charge in [-0.25, -0.2) is 0 Å². The molecular weight excluding hydrogens is 293 g/mol. The molecule has 2 rings (SSSR count). The second-order valence-electron chi connectivity index (χ2n) is 3.86. The Bertz CT molecular complexity index is 542. The molecule has 1 heterocycles. The van der Waals surface area contributed by atoms with Crippen LogP contribution in [0.15, 0.2) is 36.5 Å². The van der Waals surface area contributed by atoms with Gasteiger partial charge in [0.15, 0.2) is 0 Å². The van der Waals surface area contributed by atoms with Gasteiger partial charge in [-0.3, -0.25) is 4.98 Å². The molecule has 0 bridgehead atoms. The Kier molecular flexibility index (Phi) is 4.46. The van der Waals surface area contributed by atoms with Gasteiger partial charge in [0.1, 0.15) is 0 Å². The molecule has 0 aliphatic rings. The summed E-state index contributed by atoms with van der Waals surface area (Å²) in [4.78, 5) is 4.07. The Morgan fingerprint density at radius 1 is 1.06 bits per heavy atom. The van der Waals surface area contributed by atoms with Gasteiger partial charge in [0.05, 0.1) is 16.8 Å². The molecule has 1 aromatic carbocycles. The molecule has 0 aliphatic carbocycles. The minimum atomic E-state index is -0.738. The van der Waals surface area contributed by atoms with Crippen molar-refractivity contribution in [1.29, 1.82) is 0 Å². The first kappa shape index (κ1) is 13.6. The maximum Gasteiger partial charge on any atom is 0.1000 e. The van der Waals surface area contributed by atoms with Crippen molar-refractivity contribution in [2.24, 2.45) is 0 Å². The van der Waals surface area contributed by atoms with Gasteiger partial charge in [-0.05, 0) is 35.9 Å². The van der Waals surface area contributed by atoms with Crippen LogP contribution in [-0.2, 0) is 6.42 Å². The number of halogens is 3. The number of aromatic nitrogens is 1. The monoisotopic (exact) mass is 301 g/mol. The average molecular weight is 303 g/mol. The number of aliphatic hydroxyl groups is 1. The van der Waals surface area contributed by atoms with Gasteiger partial charge in [-0.2, -0.15) is 0 Å². The quantitative estimate of drug-likeness (QED) is 0.916. The minimum Gasteiger partial charge on any atom is -0.386 e. The van der Waals surface area contributed by atoms with Gasteiger partial charge in [-0.15, -0.1) is 0 Å². The lowest BCUT2D eigenvalue weighted by atomic mass is 10.1. The molecule has 0 fully saturated rings. The highest BCUT2D eigenvalue weighted by molar-refractivity contribution is 6.33. The summed E-state index contributed by atoms with van der Waals surface area (Å²) in [6.07, 6.45) is 1.12. The number of nitrogens with zero attached hydrogens (tertiary/aromatic N) is 1. The molecule has 0 amide bonds. The van der Waals surface area contributed by atoms with Crippen LogP contribution in [0.25, 0.3) is 0 Å². The van der Waals surface area contributed by atoms with Crippen LogP contribution in [0.4, 0.5) is 0 Å². The third-order valence-corrected chi connectivity index (χ3v) is 3.34. The Hall–Kier alpha value is -0.800. The predicted octanol–water partition coefficient (Wildman–Crippen LogP) is 4.32. The van der Waals surface area contributed by atoms with E-state index in [1.54, 1.807) is 30.3 Å². The molecule has 5 heteroatoms.